The topological polar surface area (TPSA) is 62.2 Å². The first-order chi connectivity index (χ1) is 8.79. The molecule has 106 valence electrons. The molecular formula is C12H15F3N2O2. The van der Waals surface area contributed by atoms with Crippen molar-refractivity contribution in [1.29, 1.82) is 0 Å². The smallest absolute Gasteiger partial charge is 0.433 e. The van der Waals surface area contributed by atoms with E-state index in [0.717, 1.165) is 6.07 Å². The number of nitrogens with zero attached hydrogens (tertiary/aromatic N) is 1. The highest BCUT2D eigenvalue weighted by Gasteiger charge is 2.33. The van der Waals surface area contributed by atoms with Crippen LogP contribution >= 0.6 is 0 Å². The first kappa shape index (κ1) is 15.3. The van der Waals surface area contributed by atoms with Crippen LogP contribution in [-0.4, -0.2) is 22.1 Å². The molecule has 1 heterocycles. The zero-order valence-corrected chi connectivity index (χ0v) is 10.6. The summed E-state index contributed by atoms with van der Waals surface area (Å²) < 4.78 is 37.7. The Bertz CT molecular complexity index is 457. The number of aromatic nitrogens is 1. The van der Waals surface area contributed by atoms with Crippen molar-refractivity contribution >= 4 is 11.8 Å². The predicted molar refractivity (Wildman–Crippen MR) is 64.2 cm³/mol. The van der Waals surface area contributed by atoms with Crippen molar-refractivity contribution in [2.75, 3.05) is 5.32 Å². The fourth-order valence-electron chi connectivity index (χ4n) is 1.59. The van der Waals surface area contributed by atoms with Gasteiger partial charge < -0.3 is 10.4 Å². The minimum Gasteiger partial charge on any atom is -0.478 e. The lowest BCUT2D eigenvalue weighted by molar-refractivity contribution is -0.141. The Balaban J connectivity index is 3.19. The lowest BCUT2D eigenvalue weighted by Gasteiger charge is -2.18. The summed E-state index contributed by atoms with van der Waals surface area (Å²) in [5.41, 5.74) is -1.37. The lowest BCUT2D eigenvalue weighted by Crippen LogP contribution is -2.21. The number of halogens is 3. The number of hydrogen-bond donors (Lipinski definition) is 2. The molecule has 4 nitrogen and oxygen atoms in total. The average Bonchev–Trinajstić information content (AvgIpc) is 2.34. The van der Waals surface area contributed by atoms with Crippen molar-refractivity contribution in [3.63, 3.8) is 0 Å². The summed E-state index contributed by atoms with van der Waals surface area (Å²) in [5.74, 6) is -1.55. The molecule has 0 unspecified atom stereocenters. The van der Waals surface area contributed by atoms with Crippen LogP contribution < -0.4 is 5.32 Å². The summed E-state index contributed by atoms with van der Waals surface area (Å²) in [7, 11) is 0. The fourth-order valence-corrected chi connectivity index (χ4v) is 1.59. The maximum atomic E-state index is 12.6. The molecule has 0 fully saturated rings. The number of hydrogen-bond acceptors (Lipinski definition) is 3. The Morgan fingerprint density at radius 3 is 2.37 bits per heavy atom. The molecule has 1 rings (SSSR count). The van der Waals surface area contributed by atoms with Crippen molar-refractivity contribution in [2.24, 2.45) is 0 Å². The van der Waals surface area contributed by atoms with E-state index >= 15 is 0 Å². The van der Waals surface area contributed by atoms with E-state index < -0.39 is 17.8 Å². The summed E-state index contributed by atoms with van der Waals surface area (Å²) in [6.07, 6.45) is -3.28. The van der Waals surface area contributed by atoms with Crippen molar-refractivity contribution in [1.82, 2.24) is 4.98 Å². The summed E-state index contributed by atoms with van der Waals surface area (Å²) in [5, 5.41) is 11.7. The van der Waals surface area contributed by atoms with Crippen molar-refractivity contribution in [2.45, 2.75) is 38.9 Å². The van der Waals surface area contributed by atoms with Crippen LogP contribution in [0.2, 0.25) is 0 Å². The van der Waals surface area contributed by atoms with E-state index in [4.69, 9.17) is 5.11 Å². The molecule has 0 aliphatic rings. The van der Waals surface area contributed by atoms with Crippen LogP contribution in [0.4, 0.5) is 19.0 Å². The van der Waals surface area contributed by atoms with Gasteiger partial charge in [-0.25, -0.2) is 9.78 Å². The molecular weight excluding hydrogens is 261 g/mol. The zero-order chi connectivity index (χ0) is 14.6. The Kier molecular flexibility index (Phi) is 4.74. The number of carboxylic acids is 1. The highest BCUT2D eigenvalue weighted by molar-refractivity contribution is 5.93. The van der Waals surface area contributed by atoms with Gasteiger partial charge in [0.05, 0.1) is 0 Å². The maximum absolute atomic E-state index is 12.6. The zero-order valence-electron chi connectivity index (χ0n) is 10.6. The molecule has 7 heteroatoms. The second kappa shape index (κ2) is 5.90. The van der Waals surface area contributed by atoms with Crippen LogP contribution in [0.5, 0.6) is 0 Å². The van der Waals surface area contributed by atoms with Gasteiger partial charge in [0.25, 0.3) is 0 Å². The van der Waals surface area contributed by atoms with Gasteiger partial charge in [-0.2, -0.15) is 13.2 Å². The van der Waals surface area contributed by atoms with Crippen LogP contribution in [0.3, 0.4) is 0 Å². The van der Waals surface area contributed by atoms with Gasteiger partial charge >= 0.3 is 12.1 Å². The third-order valence-electron chi connectivity index (χ3n) is 2.74. The third kappa shape index (κ3) is 3.84. The molecule has 0 atom stereocenters. The lowest BCUT2D eigenvalue weighted by atomic mass is 10.1. The van der Waals surface area contributed by atoms with Gasteiger partial charge in [-0.1, -0.05) is 13.8 Å². The molecule has 0 saturated heterocycles. The predicted octanol–water partition coefficient (Wildman–Crippen LogP) is 3.40. The number of alkyl halides is 3. The first-order valence-corrected chi connectivity index (χ1v) is 5.87. The minimum absolute atomic E-state index is 0.117. The van der Waals surface area contributed by atoms with Gasteiger partial charge in [0, 0.05) is 6.04 Å². The summed E-state index contributed by atoms with van der Waals surface area (Å²) >= 11 is 0. The van der Waals surface area contributed by atoms with Crippen LogP contribution in [-0.2, 0) is 6.18 Å². The number of aromatic carboxylic acids is 1. The van der Waals surface area contributed by atoms with Crippen LogP contribution in [0, 0.1) is 0 Å². The van der Waals surface area contributed by atoms with Crippen molar-refractivity contribution in [3.8, 4) is 0 Å². The maximum Gasteiger partial charge on any atom is 0.433 e. The monoisotopic (exact) mass is 276 g/mol. The molecule has 0 radical (unpaired) electrons. The Morgan fingerprint density at radius 1 is 1.37 bits per heavy atom. The number of rotatable bonds is 5. The van der Waals surface area contributed by atoms with Crippen LogP contribution in [0.15, 0.2) is 12.1 Å². The van der Waals surface area contributed by atoms with E-state index in [2.05, 4.69) is 10.3 Å². The van der Waals surface area contributed by atoms with Crippen molar-refractivity contribution in [3.05, 3.63) is 23.4 Å². The normalized spacial score (nSPS) is 11.7. The van der Waals surface area contributed by atoms with E-state index in [1.54, 1.807) is 0 Å². The van der Waals surface area contributed by atoms with Crippen LogP contribution in [0.1, 0.15) is 42.7 Å². The average molecular weight is 276 g/mol. The Hall–Kier alpha value is -1.79. The first-order valence-electron chi connectivity index (χ1n) is 5.87. The molecule has 0 amide bonds. The Morgan fingerprint density at radius 2 is 1.95 bits per heavy atom. The summed E-state index contributed by atoms with van der Waals surface area (Å²) in [4.78, 5) is 14.4. The SMILES string of the molecule is CCC(CC)Nc1nc(C(F)(F)F)ccc1C(=O)O. The number of carbonyl (C=O) groups is 1. The molecule has 0 aliphatic heterocycles. The highest BCUT2D eigenvalue weighted by atomic mass is 19.4. The molecule has 0 spiro atoms. The molecule has 0 bridgehead atoms. The van der Waals surface area contributed by atoms with Gasteiger partial charge in [0.2, 0.25) is 0 Å². The largest absolute Gasteiger partial charge is 0.478 e. The van der Waals surface area contributed by atoms with Crippen LogP contribution in [0.25, 0.3) is 0 Å². The van der Waals surface area contributed by atoms with E-state index in [9.17, 15) is 18.0 Å². The summed E-state index contributed by atoms with van der Waals surface area (Å²) in [6, 6.07) is 1.47. The van der Waals surface area contributed by atoms with E-state index in [1.165, 1.54) is 0 Å². The summed E-state index contributed by atoms with van der Waals surface area (Å²) in [6.45, 7) is 3.71. The van der Waals surface area contributed by atoms with Gasteiger partial charge in [-0.15, -0.1) is 0 Å². The molecule has 1 aromatic heterocycles. The number of anilines is 1. The second-order valence-electron chi connectivity index (χ2n) is 4.05. The fraction of sp³-hybridized carbons (Fsp3) is 0.500. The minimum atomic E-state index is -4.60. The standard InChI is InChI=1S/C12H15F3N2O2/c1-3-7(4-2)16-10-8(11(18)19)5-6-9(17-10)12(13,14)15/h5-7H,3-4H2,1-2H3,(H,16,17)(H,18,19). The molecule has 0 saturated carbocycles. The van der Waals surface area contributed by atoms with Gasteiger partial charge in [-0.05, 0) is 25.0 Å². The van der Waals surface area contributed by atoms with E-state index in [-0.39, 0.29) is 17.4 Å². The van der Waals surface area contributed by atoms with E-state index in [0.29, 0.717) is 18.9 Å². The van der Waals surface area contributed by atoms with E-state index in [1.807, 2.05) is 13.8 Å². The number of pyridine rings is 1. The molecule has 1 aromatic rings. The number of nitrogens with one attached hydrogen (secondary N) is 1. The number of carboxylic acid groups (broad SMARTS) is 1. The Labute approximate surface area is 108 Å². The quantitative estimate of drug-likeness (QED) is 0.865. The van der Waals surface area contributed by atoms with Gasteiger partial charge in [0.1, 0.15) is 17.1 Å². The van der Waals surface area contributed by atoms with Gasteiger partial charge in [-0.3, -0.25) is 0 Å². The highest BCUT2D eigenvalue weighted by Crippen LogP contribution is 2.29. The molecule has 19 heavy (non-hydrogen) atoms. The van der Waals surface area contributed by atoms with Crippen molar-refractivity contribution < 1.29 is 23.1 Å². The second-order valence-corrected chi connectivity index (χ2v) is 4.05. The third-order valence-corrected chi connectivity index (χ3v) is 2.74. The van der Waals surface area contributed by atoms with Gasteiger partial charge in [0.15, 0.2) is 0 Å². The molecule has 0 aliphatic carbocycles. The molecule has 2 N–H and O–H groups in total. The molecule has 0 aromatic carbocycles.